The van der Waals surface area contributed by atoms with Gasteiger partial charge in [0.05, 0.1) is 10.9 Å². The van der Waals surface area contributed by atoms with Crippen molar-refractivity contribution in [2.75, 3.05) is 24.2 Å². The van der Waals surface area contributed by atoms with Crippen LogP contribution in [0.3, 0.4) is 0 Å². The van der Waals surface area contributed by atoms with Crippen LogP contribution in [0.5, 0.6) is 0 Å². The number of carbonyl (C=O) groups is 2. The predicted molar refractivity (Wildman–Crippen MR) is 113 cm³/mol. The van der Waals surface area contributed by atoms with E-state index in [9.17, 15) is 18.0 Å². The molecule has 1 N–H and O–H groups in total. The second-order valence-electron chi connectivity index (χ2n) is 7.54. The summed E-state index contributed by atoms with van der Waals surface area (Å²) in [5.41, 5.74) is 2.59. The van der Waals surface area contributed by atoms with Crippen molar-refractivity contribution in [2.24, 2.45) is 5.92 Å². The first-order chi connectivity index (χ1) is 13.8. The quantitative estimate of drug-likeness (QED) is 0.735. The number of hydrogen-bond donors (Lipinski definition) is 1. The summed E-state index contributed by atoms with van der Waals surface area (Å²) in [6.45, 7) is 3.48. The van der Waals surface area contributed by atoms with Crippen molar-refractivity contribution in [3.63, 3.8) is 0 Å². The van der Waals surface area contributed by atoms with Gasteiger partial charge in [-0.3, -0.25) is 9.59 Å². The Morgan fingerprint density at radius 2 is 1.66 bits per heavy atom. The van der Waals surface area contributed by atoms with Gasteiger partial charge in [0.15, 0.2) is 9.84 Å². The Morgan fingerprint density at radius 1 is 1.07 bits per heavy atom. The van der Waals surface area contributed by atoms with E-state index >= 15 is 0 Å². The number of aldehydes is 1. The number of piperidine rings is 1. The number of benzene rings is 2. The van der Waals surface area contributed by atoms with Crippen molar-refractivity contribution < 1.29 is 18.0 Å². The number of hydrogen-bond acceptors (Lipinski definition) is 5. The molecule has 1 heterocycles. The molecule has 0 saturated carbocycles. The maximum absolute atomic E-state index is 12.7. The standard InChI is InChI=1S/C22H26N2O4S/c1-16(18-5-9-21(10-6-18)29(2,27)28)23-22(26)19-11-13-24(14-12-19)20-7-3-17(15-25)4-8-20/h3-10,15-16,19H,11-14H2,1-2H3,(H,23,26)/t16-/m0/s1. The van der Waals surface area contributed by atoms with E-state index in [1.54, 1.807) is 36.4 Å². The molecule has 0 radical (unpaired) electrons. The molecule has 0 unspecified atom stereocenters. The summed E-state index contributed by atoms with van der Waals surface area (Å²) >= 11 is 0. The van der Waals surface area contributed by atoms with Gasteiger partial charge in [-0.1, -0.05) is 12.1 Å². The van der Waals surface area contributed by atoms with Gasteiger partial charge in [-0.05, 0) is 61.7 Å². The molecular weight excluding hydrogens is 388 g/mol. The predicted octanol–water partition coefficient (Wildman–Crippen LogP) is 3.00. The highest BCUT2D eigenvalue weighted by molar-refractivity contribution is 7.90. The van der Waals surface area contributed by atoms with Gasteiger partial charge in [0.2, 0.25) is 5.91 Å². The second-order valence-corrected chi connectivity index (χ2v) is 9.56. The van der Waals surface area contributed by atoms with Crippen LogP contribution < -0.4 is 10.2 Å². The Hall–Kier alpha value is -2.67. The van der Waals surface area contributed by atoms with Crippen molar-refractivity contribution in [2.45, 2.75) is 30.7 Å². The minimum absolute atomic E-state index is 0.0284. The molecule has 0 aliphatic carbocycles. The van der Waals surface area contributed by atoms with Crippen LogP contribution in [0.2, 0.25) is 0 Å². The smallest absolute Gasteiger partial charge is 0.223 e. The van der Waals surface area contributed by atoms with Gasteiger partial charge in [0, 0.05) is 36.5 Å². The van der Waals surface area contributed by atoms with E-state index in [2.05, 4.69) is 10.2 Å². The van der Waals surface area contributed by atoms with Crippen LogP contribution in [0, 0.1) is 5.92 Å². The molecule has 1 saturated heterocycles. The van der Waals surface area contributed by atoms with E-state index in [1.807, 2.05) is 19.1 Å². The molecule has 0 spiro atoms. The lowest BCUT2D eigenvalue weighted by Crippen LogP contribution is -2.41. The highest BCUT2D eigenvalue weighted by Gasteiger charge is 2.26. The highest BCUT2D eigenvalue weighted by atomic mass is 32.2. The van der Waals surface area contributed by atoms with Crippen LogP contribution >= 0.6 is 0 Å². The van der Waals surface area contributed by atoms with Crippen molar-refractivity contribution in [3.05, 3.63) is 59.7 Å². The number of sulfone groups is 1. The lowest BCUT2D eigenvalue weighted by molar-refractivity contribution is -0.126. The Bertz CT molecular complexity index is 961. The summed E-state index contributed by atoms with van der Waals surface area (Å²) in [4.78, 5) is 25.9. The fourth-order valence-electron chi connectivity index (χ4n) is 3.58. The first-order valence-corrected chi connectivity index (χ1v) is 11.6. The molecule has 154 valence electrons. The molecule has 1 atom stereocenters. The number of nitrogens with one attached hydrogen (secondary N) is 1. The topological polar surface area (TPSA) is 83.6 Å². The summed E-state index contributed by atoms with van der Waals surface area (Å²) in [5.74, 6) is -0.0149. The van der Waals surface area contributed by atoms with Crippen molar-refractivity contribution >= 4 is 27.7 Å². The Labute approximate surface area is 171 Å². The van der Waals surface area contributed by atoms with Gasteiger partial charge in [-0.2, -0.15) is 0 Å². The largest absolute Gasteiger partial charge is 0.371 e. The van der Waals surface area contributed by atoms with Gasteiger partial charge in [-0.25, -0.2) is 8.42 Å². The van der Waals surface area contributed by atoms with Crippen LogP contribution in [-0.2, 0) is 14.6 Å². The number of amides is 1. The van der Waals surface area contributed by atoms with E-state index in [4.69, 9.17) is 0 Å². The molecular formula is C22H26N2O4S. The SMILES string of the molecule is C[C@H](NC(=O)C1CCN(c2ccc(C=O)cc2)CC1)c1ccc(S(C)(=O)=O)cc1. The molecule has 1 aliphatic rings. The number of nitrogens with zero attached hydrogens (tertiary/aromatic N) is 1. The van der Waals surface area contributed by atoms with Crippen LogP contribution in [0.25, 0.3) is 0 Å². The summed E-state index contributed by atoms with van der Waals surface area (Å²) in [7, 11) is -3.23. The van der Waals surface area contributed by atoms with E-state index in [-0.39, 0.29) is 22.8 Å². The second kappa shape index (κ2) is 8.78. The number of carbonyl (C=O) groups excluding carboxylic acids is 2. The van der Waals surface area contributed by atoms with Crippen LogP contribution in [0.1, 0.15) is 41.7 Å². The van der Waals surface area contributed by atoms with Crippen molar-refractivity contribution in [1.29, 1.82) is 0 Å². The van der Waals surface area contributed by atoms with Gasteiger partial charge < -0.3 is 10.2 Å². The van der Waals surface area contributed by atoms with Crippen molar-refractivity contribution in [3.8, 4) is 0 Å². The van der Waals surface area contributed by atoms with Crippen LogP contribution in [-0.4, -0.2) is 40.0 Å². The molecule has 29 heavy (non-hydrogen) atoms. The third kappa shape index (κ3) is 5.23. The normalized spacial score (nSPS) is 16.3. The van der Waals surface area contributed by atoms with Gasteiger partial charge in [-0.15, -0.1) is 0 Å². The molecule has 6 nitrogen and oxygen atoms in total. The Morgan fingerprint density at radius 3 is 2.17 bits per heavy atom. The minimum Gasteiger partial charge on any atom is -0.371 e. The first-order valence-electron chi connectivity index (χ1n) is 9.68. The fraction of sp³-hybridized carbons (Fsp3) is 0.364. The Kier molecular flexibility index (Phi) is 6.37. The average molecular weight is 415 g/mol. The first kappa shape index (κ1) is 21.0. The van der Waals surface area contributed by atoms with E-state index in [0.717, 1.165) is 43.5 Å². The third-order valence-corrected chi connectivity index (χ3v) is 6.56. The molecule has 2 aromatic carbocycles. The molecule has 1 amide bonds. The van der Waals surface area contributed by atoms with Crippen LogP contribution in [0.4, 0.5) is 5.69 Å². The van der Waals surface area contributed by atoms with Crippen LogP contribution in [0.15, 0.2) is 53.4 Å². The number of rotatable bonds is 6. The third-order valence-electron chi connectivity index (χ3n) is 5.43. The lowest BCUT2D eigenvalue weighted by Gasteiger charge is -2.33. The van der Waals surface area contributed by atoms with E-state index < -0.39 is 9.84 Å². The van der Waals surface area contributed by atoms with Crippen molar-refractivity contribution in [1.82, 2.24) is 5.32 Å². The fourth-order valence-corrected chi connectivity index (χ4v) is 4.21. The Balaban J connectivity index is 1.54. The summed E-state index contributed by atoms with van der Waals surface area (Å²) in [6.07, 6.45) is 3.54. The molecule has 2 aromatic rings. The average Bonchev–Trinajstić information content (AvgIpc) is 2.73. The zero-order valence-electron chi connectivity index (χ0n) is 16.7. The minimum atomic E-state index is -3.23. The van der Waals surface area contributed by atoms with Gasteiger partial charge >= 0.3 is 0 Å². The number of anilines is 1. The summed E-state index contributed by atoms with van der Waals surface area (Å²) in [6, 6.07) is 13.9. The van der Waals surface area contributed by atoms with E-state index in [1.165, 1.54) is 6.26 Å². The zero-order valence-corrected chi connectivity index (χ0v) is 17.5. The van der Waals surface area contributed by atoms with Gasteiger partial charge in [0.25, 0.3) is 0 Å². The molecule has 3 rings (SSSR count). The zero-order chi connectivity index (χ0) is 21.0. The maximum Gasteiger partial charge on any atom is 0.223 e. The molecule has 7 heteroatoms. The highest BCUT2D eigenvalue weighted by Crippen LogP contribution is 2.25. The molecule has 0 aromatic heterocycles. The van der Waals surface area contributed by atoms with E-state index in [0.29, 0.717) is 5.56 Å². The molecule has 1 fully saturated rings. The summed E-state index contributed by atoms with van der Waals surface area (Å²) in [5, 5.41) is 3.05. The molecule has 0 bridgehead atoms. The monoisotopic (exact) mass is 414 g/mol. The van der Waals surface area contributed by atoms with Gasteiger partial charge in [0.1, 0.15) is 6.29 Å². The maximum atomic E-state index is 12.7. The summed E-state index contributed by atoms with van der Waals surface area (Å²) < 4.78 is 23.1. The molecule has 1 aliphatic heterocycles. The lowest BCUT2D eigenvalue weighted by atomic mass is 9.94.